The number of hydrogen-bond donors (Lipinski definition) is 3. The molecule has 4 rings (SSSR count). The molecule has 3 N–H and O–H groups in total. The first-order valence-corrected chi connectivity index (χ1v) is 13.8. The minimum atomic E-state index is -0.868. The van der Waals surface area contributed by atoms with Crippen LogP contribution in [0.3, 0.4) is 0 Å². The standard InChI is InChI=1S/C31H46O5/c1-17(2)18(3)9-10-19(27(35)36)25-22(33)16-31(8)26-20(11-14-30(25,31)7)29(6)13-12-24(34)28(4,5)23(29)15-21(26)32/h15,17,19,22,24-25,33-34H,3,9-14,16H2,1-2,4-8H3,(H,35,36)/t19-,22-,24-,25+,29-,30-,31+/m1/s1. The van der Waals surface area contributed by atoms with Crippen molar-refractivity contribution in [3.8, 4) is 0 Å². The Morgan fingerprint density at radius 2 is 1.78 bits per heavy atom. The van der Waals surface area contributed by atoms with Gasteiger partial charge in [0.1, 0.15) is 0 Å². The lowest BCUT2D eigenvalue weighted by Gasteiger charge is -2.58. The van der Waals surface area contributed by atoms with Gasteiger partial charge in [-0.3, -0.25) is 9.59 Å². The zero-order valence-corrected chi connectivity index (χ0v) is 23.3. The average Bonchev–Trinajstić information content (AvgIpc) is 2.98. The molecule has 0 amide bonds. The van der Waals surface area contributed by atoms with E-state index in [-0.39, 0.29) is 17.1 Å². The van der Waals surface area contributed by atoms with Crippen LogP contribution in [0.5, 0.6) is 0 Å². The van der Waals surface area contributed by atoms with Gasteiger partial charge in [-0.15, -0.1) is 0 Å². The van der Waals surface area contributed by atoms with E-state index in [4.69, 9.17) is 0 Å². The lowest BCUT2D eigenvalue weighted by atomic mass is 9.46. The van der Waals surface area contributed by atoms with Crippen LogP contribution in [-0.2, 0) is 9.59 Å². The molecular formula is C31H46O5. The normalized spacial score (nSPS) is 40.3. The molecule has 4 aliphatic carbocycles. The monoisotopic (exact) mass is 498 g/mol. The fraction of sp³-hybridized carbons (Fsp3) is 0.742. The zero-order valence-electron chi connectivity index (χ0n) is 23.3. The number of aliphatic hydroxyl groups excluding tert-OH is 2. The van der Waals surface area contributed by atoms with Gasteiger partial charge in [-0.25, -0.2) is 0 Å². The molecule has 36 heavy (non-hydrogen) atoms. The number of carbonyl (C=O) groups excluding carboxylic acids is 1. The number of carboxylic acid groups (broad SMARTS) is 1. The highest BCUT2D eigenvalue weighted by Crippen LogP contribution is 2.71. The summed E-state index contributed by atoms with van der Waals surface area (Å²) in [5.41, 5.74) is 2.16. The summed E-state index contributed by atoms with van der Waals surface area (Å²) in [5, 5.41) is 32.5. The number of ketones is 1. The van der Waals surface area contributed by atoms with Gasteiger partial charge in [-0.1, -0.05) is 66.2 Å². The van der Waals surface area contributed by atoms with E-state index in [0.29, 0.717) is 25.7 Å². The lowest BCUT2D eigenvalue weighted by Crippen LogP contribution is -2.52. The van der Waals surface area contributed by atoms with Crippen molar-refractivity contribution in [2.45, 2.75) is 106 Å². The van der Waals surface area contributed by atoms with Gasteiger partial charge in [0.05, 0.1) is 18.1 Å². The van der Waals surface area contributed by atoms with Gasteiger partial charge < -0.3 is 15.3 Å². The third-order valence-corrected chi connectivity index (χ3v) is 11.3. The molecule has 0 saturated heterocycles. The molecule has 4 aliphatic rings. The van der Waals surface area contributed by atoms with E-state index in [1.54, 1.807) is 6.08 Å². The summed E-state index contributed by atoms with van der Waals surface area (Å²) in [6.45, 7) is 18.8. The molecule has 0 radical (unpaired) electrons. The van der Waals surface area contributed by atoms with Crippen LogP contribution in [0.25, 0.3) is 0 Å². The zero-order chi connectivity index (χ0) is 27.0. The van der Waals surface area contributed by atoms with E-state index < -0.39 is 46.3 Å². The molecule has 0 aromatic rings. The maximum absolute atomic E-state index is 13.9. The van der Waals surface area contributed by atoms with Crippen LogP contribution < -0.4 is 0 Å². The Morgan fingerprint density at radius 3 is 2.36 bits per heavy atom. The third-order valence-electron chi connectivity index (χ3n) is 11.3. The molecule has 0 aromatic heterocycles. The second-order valence-electron chi connectivity index (χ2n) is 13.7. The van der Waals surface area contributed by atoms with Gasteiger partial charge in [0, 0.05) is 27.7 Å². The first-order valence-electron chi connectivity index (χ1n) is 13.8. The van der Waals surface area contributed by atoms with E-state index in [2.05, 4.69) is 41.2 Å². The van der Waals surface area contributed by atoms with Crippen molar-refractivity contribution < 1.29 is 24.9 Å². The number of rotatable bonds is 6. The fourth-order valence-corrected chi connectivity index (χ4v) is 8.69. The number of fused-ring (bicyclic) bond motifs is 4. The number of allylic oxidation sites excluding steroid dienone is 4. The summed E-state index contributed by atoms with van der Waals surface area (Å²) < 4.78 is 0. The molecule has 0 heterocycles. The van der Waals surface area contributed by atoms with Crippen molar-refractivity contribution in [2.75, 3.05) is 0 Å². The third kappa shape index (κ3) is 3.63. The van der Waals surface area contributed by atoms with Crippen LogP contribution >= 0.6 is 0 Å². The Morgan fingerprint density at radius 1 is 1.14 bits per heavy atom. The molecule has 200 valence electrons. The Hall–Kier alpha value is -1.72. The van der Waals surface area contributed by atoms with Crippen LogP contribution in [0.4, 0.5) is 0 Å². The van der Waals surface area contributed by atoms with Crippen molar-refractivity contribution in [1.82, 2.24) is 0 Å². The first kappa shape index (κ1) is 27.3. The summed E-state index contributed by atoms with van der Waals surface area (Å²) >= 11 is 0. The second-order valence-corrected chi connectivity index (χ2v) is 13.7. The number of carbonyl (C=O) groups is 2. The van der Waals surface area contributed by atoms with E-state index >= 15 is 0 Å². The predicted molar refractivity (Wildman–Crippen MR) is 141 cm³/mol. The Bertz CT molecular complexity index is 1050. The molecule has 5 nitrogen and oxygen atoms in total. The maximum Gasteiger partial charge on any atom is 0.306 e. The Balaban J connectivity index is 1.77. The van der Waals surface area contributed by atoms with Crippen LogP contribution in [-0.4, -0.2) is 39.3 Å². The minimum absolute atomic E-state index is 0.0130. The summed E-state index contributed by atoms with van der Waals surface area (Å²) in [5.74, 6) is -1.71. The van der Waals surface area contributed by atoms with Crippen molar-refractivity contribution in [3.05, 3.63) is 34.9 Å². The molecule has 0 bridgehead atoms. The molecule has 0 unspecified atom stereocenters. The highest BCUT2D eigenvalue weighted by atomic mass is 16.4. The van der Waals surface area contributed by atoms with Crippen LogP contribution in [0, 0.1) is 39.4 Å². The SMILES string of the molecule is C=C(CC[C@@H](C(=O)O)[C@H]1[C@H](O)C[C@@]2(C)C3=C(CC[C@]12C)[C@@]1(C)CC[C@@H](O)C(C)(C)C1=CC3=O)C(C)C. The molecule has 7 atom stereocenters. The fourth-order valence-electron chi connectivity index (χ4n) is 8.69. The molecule has 0 spiro atoms. The first-order chi connectivity index (χ1) is 16.5. The summed E-state index contributed by atoms with van der Waals surface area (Å²) in [7, 11) is 0. The quantitative estimate of drug-likeness (QED) is 0.399. The molecule has 0 aliphatic heterocycles. The number of carboxylic acids is 1. The van der Waals surface area contributed by atoms with Gasteiger partial charge in [0.2, 0.25) is 0 Å². The van der Waals surface area contributed by atoms with Crippen LogP contribution in [0.2, 0.25) is 0 Å². The summed E-state index contributed by atoms with van der Waals surface area (Å²) in [6.07, 6.45) is 4.95. The van der Waals surface area contributed by atoms with E-state index in [1.807, 2.05) is 13.8 Å². The lowest BCUT2D eigenvalue weighted by molar-refractivity contribution is -0.148. The van der Waals surface area contributed by atoms with Gasteiger partial charge in [0.15, 0.2) is 5.78 Å². The van der Waals surface area contributed by atoms with E-state index in [9.17, 15) is 24.9 Å². The topological polar surface area (TPSA) is 94.8 Å². The minimum Gasteiger partial charge on any atom is -0.481 e. The van der Waals surface area contributed by atoms with Crippen LogP contribution in [0.15, 0.2) is 34.9 Å². The van der Waals surface area contributed by atoms with Crippen molar-refractivity contribution in [2.24, 2.45) is 39.4 Å². The van der Waals surface area contributed by atoms with Gasteiger partial charge in [-0.2, -0.15) is 0 Å². The summed E-state index contributed by atoms with van der Waals surface area (Å²) in [4.78, 5) is 26.5. The largest absolute Gasteiger partial charge is 0.481 e. The molecule has 0 aromatic carbocycles. The highest BCUT2D eigenvalue weighted by Gasteiger charge is 2.67. The summed E-state index contributed by atoms with van der Waals surface area (Å²) in [6, 6.07) is 0. The molecular weight excluding hydrogens is 452 g/mol. The highest BCUT2D eigenvalue weighted by molar-refractivity contribution is 6.08. The van der Waals surface area contributed by atoms with E-state index in [0.717, 1.165) is 41.6 Å². The molecule has 2 saturated carbocycles. The average molecular weight is 499 g/mol. The molecule has 5 heteroatoms. The number of aliphatic carboxylic acids is 1. The Labute approximate surface area is 216 Å². The number of aliphatic hydroxyl groups is 2. The predicted octanol–water partition coefficient (Wildman–Crippen LogP) is 5.86. The van der Waals surface area contributed by atoms with Crippen LogP contribution in [0.1, 0.15) is 93.4 Å². The van der Waals surface area contributed by atoms with Crippen molar-refractivity contribution >= 4 is 11.8 Å². The Kier molecular flexibility index (Phi) is 6.57. The second kappa shape index (κ2) is 8.66. The maximum atomic E-state index is 13.9. The van der Waals surface area contributed by atoms with Gasteiger partial charge in [-0.05, 0) is 67.9 Å². The smallest absolute Gasteiger partial charge is 0.306 e. The van der Waals surface area contributed by atoms with Crippen molar-refractivity contribution in [1.29, 1.82) is 0 Å². The molecule has 2 fully saturated rings. The van der Waals surface area contributed by atoms with Gasteiger partial charge >= 0.3 is 5.97 Å². The van der Waals surface area contributed by atoms with E-state index in [1.165, 1.54) is 0 Å². The number of hydrogen-bond acceptors (Lipinski definition) is 4. The van der Waals surface area contributed by atoms with Crippen molar-refractivity contribution in [3.63, 3.8) is 0 Å². The van der Waals surface area contributed by atoms with Gasteiger partial charge in [0.25, 0.3) is 0 Å².